The summed E-state index contributed by atoms with van der Waals surface area (Å²) in [6.45, 7) is 3.76. The molecule has 0 aliphatic rings. The van der Waals surface area contributed by atoms with Gasteiger partial charge in [0.05, 0.1) is 7.11 Å². The van der Waals surface area contributed by atoms with E-state index in [-0.39, 0.29) is 11.8 Å². The Bertz CT molecular complexity index is 1010. The zero-order chi connectivity index (χ0) is 22.2. The minimum absolute atomic E-state index is 0.238. The lowest BCUT2D eigenvalue weighted by atomic mass is 10.1. The Morgan fingerprint density at radius 2 is 1.35 bits per heavy atom. The van der Waals surface area contributed by atoms with E-state index >= 15 is 0 Å². The lowest BCUT2D eigenvalue weighted by molar-refractivity contribution is -0.122. The highest BCUT2D eigenvalue weighted by atomic mass is 16.5. The maximum atomic E-state index is 12.4. The van der Waals surface area contributed by atoms with Crippen LogP contribution in [-0.2, 0) is 11.2 Å². The molecule has 2 N–H and O–H groups in total. The van der Waals surface area contributed by atoms with Gasteiger partial charge in [0.15, 0.2) is 6.10 Å². The van der Waals surface area contributed by atoms with Crippen molar-refractivity contribution in [1.82, 2.24) is 0 Å². The summed E-state index contributed by atoms with van der Waals surface area (Å²) in [4.78, 5) is 24.8. The number of ether oxygens (including phenoxy) is 2. The number of aryl methyl sites for hydroxylation is 1. The fourth-order valence-corrected chi connectivity index (χ4v) is 2.89. The van der Waals surface area contributed by atoms with E-state index < -0.39 is 6.10 Å². The summed E-state index contributed by atoms with van der Waals surface area (Å²) in [5.41, 5.74) is 3.08. The molecule has 0 fully saturated rings. The van der Waals surface area contributed by atoms with Crippen molar-refractivity contribution in [2.24, 2.45) is 0 Å². The van der Waals surface area contributed by atoms with Crippen LogP contribution in [0.4, 0.5) is 11.4 Å². The number of hydrogen-bond donors (Lipinski definition) is 2. The Hall–Kier alpha value is -3.80. The van der Waals surface area contributed by atoms with E-state index in [9.17, 15) is 9.59 Å². The first-order chi connectivity index (χ1) is 15.0. The number of benzene rings is 3. The second-order valence-corrected chi connectivity index (χ2v) is 7.01. The lowest BCUT2D eigenvalue weighted by Gasteiger charge is -2.15. The SMILES string of the molecule is CCc1ccc(NC(=O)[C@H](C)Oc2ccc(C(=O)Nc3ccc(OC)cc3)cc2)cc1. The third-order valence-corrected chi connectivity index (χ3v) is 4.78. The van der Waals surface area contributed by atoms with Crippen molar-refractivity contribution < 1.29 is 19.1 Å². The molecule has 3 aromatic rings. The number of methoxy groups -OCH3 is 1. The summed E-state index contributed by atoms with van der Waals surface area (Å²) in [6, 6.07) is 21.5. The first kappa shape index (κ1) is 21.9. The number of hydrogen-bond acceptors (Lipinski definition) is 4. The fourth-order valence-electron chi connectivity index (χ4n) is 2.89. The van der Waals surface area contributed by atoms with Gasteiger partial charge >= 0.3 is 0 Å². The van der Waals surface area contributed by atoms with Gasteiger partial charge in [-0.25, -0.2) is 0 Å². The molecule has 0 aromatic heterocycles. The van der Waals surface area contributed by atoms with E-state index in [1.54, 1.807) is 62.6 Å². The number of carbonyl (C=O) groups excluding carboxylic acids is 2. The van der Waals surface area contributed by atoms with Gasteiger partial charge in [-0.15, -0.1) is 0 Å². The normalized spacial score (nSPS) is 11.3. The van der Waals surface area contributed by atoms with Crippen LogP contribution >= 0.6 is 0 Å². The second kappa shape index (κ2) is 10.3. The van der Waals surface area contributed by atoms with Gasteiger partial charge in [0.2, 0.25) is 0 Å². The standard InChI is InChI=1S/C25H26N2O4/c1-4-18-5-9-20(10-6-18)26-24(28)17(2)31-23-13-7-19(8-14-23)25(29)27-21-11-15-22(30-3)16-12-21/h5-17H,4H2,1-3H3,(H,26,28)(H,27,29)/t17-/m0/s1. The first-order valence-electron chi connectivity index (χ1n) is 10.1. The summed E-state index contributed by atoms with van der Waals surface area (Å²) in [5.74, 6) is 0.740. The molecule has 0 bridgehead atoms. The monoisotopic (exact) mass is 418 g/mol. The summed E-state index contributed by atoms with van der Waals surface area (Å²) >= 11 is 0. The maximum absolute atomic E-state index is 12.4. The van der Waals surface area contributed by atoms with Gasteiger partial charge in [-0.1, -0.05) is 19.1 Å². The predicted molar refractivity (Wildman–Crippen MR) is 122 cm³/mol. The van der Waals surface area contributed by atoms with Crippen LogP contribution in [0.5, 0.6) is 11.5 Å². The average molecular weight is 418 g/mol. The first-order valence-corrected chi connectivity index (χ1v) is 10.1. The van der Waals surface area contributed by atoms with Crippen molar-refractivity contribution in [2.45, 2.75) is 26.4 Å². The predicted octanol–water partition coefficient (Wildman–Crippen LogP) is 4.92. The molecule has 0 aliphatic heterocycles. The molecule has 31 heavy (non-hydrogen) atoms. The highest BCUT2D eigenvalue weighted by Crippen LogP contribution is 2.18. The van der Waals surface area contributed by atoms with E-state index in [1.165, 1.54) is 5.56 Å². The molecular weight excluding hydrogens is 392 g/mol. The van der Waals surface area contributed by atoms with Crippen LogP contribution < -0.4 is 20.1 Å². The largest absolute Gasteiger partial charge is 0.497 e. The summed E-state index contributed by atoms with van der Waals surface area (Å²) < 4.78 is 10.8. The van der Waals surface area contributed by atoms with Gasteiger partial charge in [-0.2, -0.15) is 0 Å². The fraction of sp³-hybridized carbons (Fsp3) is 0.200. The molecular formula is C25H26N2O4. The quantitative estimate of drug-likeness (QED) is 0.545. The third-order valence-electron chi connectivity index (χ3n) is 4.78. The van der Waals surface area contributed by atoms with E-state index in [0.717, 1.165) is 17.9 Å². The van der Waals surface area contributed by atoms with Gasteiger partial charge < -0.3 is 20.1 Å². The van der Waals surface area contributed by atoms with Crippen LogP contribution in [0.25, 0.3) is 0 Å². The number of anilines is 2. The molecule has 0 spiro atoms. The van der Waals surface area contributed by atoms with Gasteiger partial charge in [0, 0.05) is 16.9 Å². The number of rotatable bonds is 8. The van der Waals surface area contributed by atoms with Crippen molar-refractivity contribution in [1.29, 1.82) is 0 Å². The van der Waals surface area contributed by atoms with Crippen LogP contribution in [0.2, 0.25) is 0 Å². The van der Waals surface area contributed by atoms with E-state index in [4.69, 9.17) is 9.47 Å². The Labute approximate surface area is 182 Å². The molecule has 2 amide bonds. The average Bonchev–Trinajstić information content (AvgIpc) is 2.80. The molecule has 0 unspecified atom stereocenters. The molecule has 1 atom stereocenters. The topological polar surface area (TPSA) is 76.7 Å². The molecule has 0 aliphatic carbocycles. The van der Waals surface area contributed by atoms with E-state index in [2.05, 4.69) is 17.6 Å². The third kappa shape index (κ3) is 6.09. The minimum atomic E-state index is -0.690. The van der Waals surface area contributed by atoms with Gasteiger partial charge in [-0.05, 0) is 79.6 Å². The van der Waals surface area contributed by atoms with Crippen LogP contribution in [0.3, 0.4) is 0 Å². The maximum Gasteiger partial charge on any atom is 0.265 e. The number of carbonyl (C=O) groups is 2. The summed E-state index contributed by atoms with van der Waals surface area (Å²) in [6.07, 6.45) is 0.256. The van der Waals surface area contributed by atoms with Crippen molar-refractivity contribution >= 4 is 23.2 Å². The number of amides is 2. The molecule has 0 saturated carbocycles. The molecule has 6 heteroatoms. The van der Waals surface area contributed by atoms with Gasteiger partial charge in [-0.3, -0.25) is 9.59 Å². The van der Waals surface area contributed by atoms with Crippen LogP contribution in [0.15, 0.2) is 72.8 Å². The molecule has 0 saturated heterocycles. The Kier molecular flexibility index (Phi) is 7.27. The molecule has 160 valence electrons. The molecule has 3 rings (SSSR count). The lowest BCUT2D eigenvalue weighted by Crippen LogP contribution is -2.30. The van der Waals surface area contributed by atoms with E-state index in [0.29, 0.717) is 17.0 Å². The van der Waals surface area contributed by atoms with E-state index in [1.807, 2.05) is 24.3 Å². The highest BCUT2D eigenvalue weighted by molar-refractivity contribution is 6.04. The summed E-state index contributed by atoms with van der Waals surface area (Å²) in [5, 5.41) is 5.67. The Morgan fingerprint density at radius 3 is 1.94 bits per heavy atom. The van der Waals surface area contributed by atoms with Crippen LogP contribution in [0.1, 0.15) is 29.8 Å². The zero-order valence-corrected chi connectivity index (χ0v) is 17.8. The van der Waals surface area contributed by atoms with Crippen LogP contribution in [-0.4, -0.2) is 25.0 Å². The molecule has 0 heterocycles. The Morgan fingerprint density at radius 1 is 0.806 bits per heavy atom. The van der Waals surface area contributed by atoms with Crippen molar-refractivity contribution in [2.75, 3.05) is 17.7 Å². The number of nitrogens with one attached hydrogen (secondary N) is 2. The molecule has 6 nitrogen and oxygen atoms in total. The molecule has 0 radical (unpaired) electrons. The van der Waals surface area contributed by atoms with Gasteiger partial charge in [0.25, 0.3) is 11.8 Å². The van der Waals surface area contributed by atoms with Crippen molar-refractivity contribution in [3.8, 4) is 11.5 Å². The smallest absolute Gasteiger partial charge is 0.265 e. The minimum Gasteiger partial charge on any atom is -0.497 e. The van der Waals surface area contributed by atoms with Gasteiger partial charge in [0.1, 0.15) is 11.5 Å². The highest BCUT2D eigenvalue weighted by Gasteiger charge is 2.15. The van der Waals surface area contributed by atoms with Crippen LogP contribution in [0, 0.1) is 0 Å². The van der Waals surface area contributed by atoms with Crippen molar-refractivity contribution in [3.63, 3.8) is 0 Å². The Balaban J connectivity index is 1.54. The zero-order valence-electron chi connectivity index (χ0n) is 17.8. The van der Waals surface area contributed by atoms with Crippen molar-refractivity contribution in [3.05, 3.63) is 83.9 Å². The second-order valence-electron chi connectivity index (χ2n) is 7.01. The molecule has 3 aromatic carbocycles. The summed E-state index contributed by atoms with van der Waals surface area (Å²) in [7, 11) is 1.59.